The molecule has 23 heavy (non-hydrogen) atoms. The molecule has 118 valence electrons. The minimum Gasteiger partial charge on any atom is -0.489 e. The molecular formula is C19H18ClNOS. The summed E-state index contributed by atoms with van der Waals surface area (Å²) in [5, 5.41) is 6.28. The van der Waals surface area contributed by atoms with Gasteiger partial charge in [-0.1, -0.05) is 48.0 Å². The van der Waals surface area contributed by atoms with E-state index in [0.29, 0.717) is 6.61 Å². The second-order valence-electron chi connectivity index (χ2n) is 5.21. The van der Waals surface area contributed by atoms with Crippen molar-refractivity contribution in [1.82, 2.24) is 5.32 Å². The summed E-state index contributed by atoms with van der Waals surface area (Å²) in [5.41, 5.74) is 2.20. The van der Waals surface area contributed by atoms with Crippen LogP contribution in [0.15, 0.2) is 66.0 Å². The van der Waals surface area contributed by atoms with Gasteiger partial charge in [-0.2, -0.15) is 0 Å². The Morgan fingerprint density at radius 2 is 1.87 bits per heavy atom. The van der Waals surface area contributed by atoms with Gasteiger partial charge >= 0.3 is 0 Å². The van der Waals surface area contributed by atoms with Gasteiger partial charge in [0.2, 0.25) is 0 Å². The summed E-state index contributed by atoms with van der Waals surface area (Å²) in [6.07, 6.45) is 0. The number of thiophene rings is 1. The summed E-state index contributed by atoms with van der Waals surface area (Å²) < 4.78 is 5.86. The molecule has 1 heterocycles. The molecule has 0 bridgehead atoms. The summed E-state index contributed by atoms with van der Waals surface area (Å²) in [7, 11) is 0. The molecule has 0 spiro atoms. The molecule has 0 saturated heterocycles. The second kappa shape index (κ2) is 8.16. The molecule has 0 aliphatic rings. The number of hydrogen-bond acceptors (Lipinski definition) is 3. The smallest absolute Gasteiger partial charge is 0.120 e. The van der Waals surface area contributed by atoms with Crippen LogP contribution < -0.4 is 10.1 Å². The summed E-state index contributed by atoms with van der Waals surface area (Å²) >= 11 is 7.92. The summed E-state index contributed by atoms with van der Waals surface area (Å²) in [5.74, 6) is 0.861. The zero-order valence-corrected chi connectivity index (χ0v) is 14.2. The minimum atomic E-state index is 0.478. The molecule has 0 fully saturated rings. The van der Waals surface area contributed by atoms with Crippen LogP contribution in [-0.4, -0.2) is 0 Å². The maximum absolute atomic E-state index is 6.15. The van der Waals surface area contributed by atoms with Crippen LogP contribution in [-0.2, 0) is 19.7 Å². The molecule has 3 rings (SSSR count). The van der Waals surface area contributed by atoms with Crippen LogP contribution in [0.4, 0.5) is 0 Å². The van der Waals surface area contributed by atoms with Gasteiger partial charge in [-0.25, -0.2) is 0 Å². The Hall–Kier alpha value is -1.81. The average Bonchev–Trinajstić information content (AvgIpc) is 3.08. The van der Waals surface area contributed by atoms with Gasteiger partial charge in [-0.15, -0.1) is 11.3 Å². The molecular weight excluding hydrogens is 326 g/mol. The van der Waals surface area contributed by atoms with E-state index in [1.165, 1.54) is 10.4 Å². The van der Waals surface area contributed by atoms with E-state index in [-0.39, 0.29) is 0 Å². The fourth-order valence-electron chi connectivity index (χ4n) is 2.26. The van der Waals surface area contributed by atoms with Crippen molar-refractivity contribution < 1.29 is 4.74 Å². The first kappa shape index (κ1) is 16.1. The quantitative estimate of drug-likeness (QED) is 0.631. The predicted molar refractivity (Wildman–Crippen MR) is 97.1 cm³/mol. The van der Waals surface area contributed by atoms with Crippen LogP contribution in [0, 0.1) is 0 Å². The number of rotatable bonds is 7. The average molecular weight is 344 g/mol. The Bertz CT molecular complexity index is 743. The molecule has 2 nitrogen and oxygen atoms in total. The summed E-state index contributed by atoms with van der Waals surface area (Å²) in [4.78, 5) is 1.34. The number of nitrogens with one attached hydrogen (secondary N) is 1. The highest BCUT2D eigenvalue weighted by atomic mass is 35.5. The van der Waals surface area contributed by atoms with Crippen molar-refractivity contribution in [3.05, 3.63) is 87.1 Å². The van der Waals surface area contributed by atoms with Crippen LogP contribution in [0.3, 0.4) is 0 Å². The largest absolute Gasteiger partial charge is 0.489 e. The van der Waals surface area contributed by atoms with Crippen molar-refractivity contribution in [2.24, 2.45) is 0 Å². The molecule has 4 heteroatoms. The number of ether oxygens (including phenoxy) is 1. The lowest BCUT2D eigenvalue weighted by Gasteiger charge is -2.10. The lowest BCUT2D eigenvalue weighted by Crippen LogP contribution is -2.11. The molecule has 0 atom stereocenters. The van der Waals surface area contributed by atoms with E-state index in [4.69, 9.17) is 16.3 Å². The fourth-order valence-corrected chi connectivity index (χ4v) is 3.13. The molecule has 0 amide bonds. The molecule has 3 aromatic rings. The SMILES string of the molecule is Clc1ccccc1COc1cccc(CNCc2cccs2)c1. The van der Waals surface area contributed by atoms with Crippen molar-refractivity contribution in [2.75, 3.05) is 0 Å². The molecule has 0 radical (unpaired) electrons. The Balaban J connectivity index is 1.53. The molecule has 0 aliphatic heterocycles. The van der Waals surface area contributed by atoms with E-state index in [1.807, 2.05) is 36.4 Å². The van der Waals surface area contributed by atoms with Gasteiger partial charge in [0.05, 0.1) is 0 Å². The first-order valence-electron chi connectivity index (χ1n) is 7.49. The first-order chi connectivity index (χ1) is 11.3. The zero-order valence-electron chi connectivity index (χ0n) is 12.7. The number of benzene rings is 2. The van der Waals surface area contributed by atoms with Crippen LogP contribution >= 0.6 is 22.9 Å². The highest BCUT2D eigenvalue weighted by Gasteiger charge is 2.02. The highest BCUT2D eigenvalue weighted by molar-refractivity contribution is 7.09. The number of halogens is 1. The van der Waals surface area contributed by atoms with Gasteiger partial charge < -0.3 is 10.1 Å². The van der Waals surface area contributed by atoms with E-state index in [2.05, 4.69) is 35.0 Å². The molecule has 0 unspecified atom stereocenters. The Kier molecular flexibility index (Phi) is 5.70. The zero-order chi connectivity index (χ0) is 15.9. The van der Waals surface area contributed by atoms with Gasteiger partial charge in [0.1, 0.15) is 12.4 Å². The predicted octanol–water partition coefficient (Wildman–Crippen LogP) is 5.27. The van der Waals surface area contributed by atoms with Crippen LogP contribution in [0.5, 0.6) is 5.75 Å². The van der Waals surface area contributed by atoms with Crippen molar-refractivity contribution in [2.45, 2.75) is 19.7 Å². The van der Waals surface area contributed by atoms with E-state index in [9.17, 15) is 0 Å². The Morgan fingerprint density at radius 1 is 0.957 bits per heavy atom. The van der Waals surface area contributed by atoms with Gasteiger partial charge in [0.25, 0.3) is 0 Å². The fraction of sp³-hybridized carbons (Fsp3) is 0.158. The minimum absolute atomic E-state index is 0.478. The van der Waals surface area contributed by atoms with Gasteiger partial charge in [-0.3, -0.25) is 0 Å². The third kappa shape index (κ3) is 4.83. The van der Waals surface area contributed by atoms with Crippen LogP contribution in [0.1, 0.15) is 16.0 Å². The molecule has 1 N–H and O–H groups in total. The van der Waals surface area contributed by atoms with Crippen LogP contribution in [0.25, 0.3) is 0 Å². The third-order valence-corrected chi connectivity index (χ3v) is 4.70. The first-order valence-corrected chi connectivity index (χ1v) is 8.75. The van der Waals surface area contributed by atoms with Crippen molar-refractivity contribution in [3.63, 3.8) is 0 Å². The maximum Gasteiger partial charge on any atom is 0.120 e. The summed E-state index contributed by atoms with van der Waals surface area (Å²) in [6.45, 7) is 2.19. The van der Waals surface area contributed by atoms with Crippen molar-refractivity contribution >= 4 is 22.9 Å². The molecule has 0 aliphatic carbocycles. The van der Waals surface area contributed by atoms with Crippen LogP contribution in [0.2, 0.25) is 5.02 Å². The third-order valence-electron chi connectivity index (χ3n) is 3.46. The second-order valence-corrected chi connectivity index (χ2v) is 6.65. The van der Waals surface area contributed by atoms with E-state index >= 15 is 0 Å². The lowest BCUT2D eigenvalue weighted by atomic mass is 10.2. The van der Waals surface area contributed by atoms with E-state index in [0.717, 1.165) is 29.4 Å². The molecule has 1 aromatic heterocycles. The topological polar surface area (TPSA) is 21.3 Å². The van der Waals surface area contributed by atoms with Crippen molar-refractivity contribution in [3.8, 4) is 5.75 Å². The monoisotopic (exact) mass is 343 g/mol. The van der Waals surface area contributed by atoms with Crippen molar-refractivity contribution in [1.29, 1.82) is 0 Å². The summed E-state index contributed by atoms with van der Waals surface area (Å²) in [6, 6.07) is 20.1. The normalized spacial score (nSPS) is 10.7. The Labute approximate surface area is 145 Å². The lowest BCUT2D eigenvalue weighted by molar-refractivity contribution is 0.306. The molecule has 2 aromatic carbocycles. The van der Waals surface area contributed by atoms with Gasteiger partial charge in [0, 0.05) is 28.6 Å². The van der Waals surface area contributed by atoms with Gasteiger partial charge in [-0.05, 0) is 35.2 Å². The van der Waals surface area contributed by atoms with Gasteiger partial charge in [0.15, 0.2) is 0 Å². The Morgan fingerprint density at radius 3 is 2.70 bits per heavy atom. The molecule has 0 saturated carbocycles. The van der Waals surface area contributed by atoms with E-state index < -0.39 is 0 Å². The number of hydrogen-bond donors (Lipinski definition) is 1. The van der Waals surface area contributed by atoms with E-state index in [1.54, 1.807) is 11.3 Å². The standard InChI is InChI=1S/C19H18ClNOS/c20-19-9-2-1-6-16(19)14-22-17-7-3-5-15(11-17)12-21-13-18-8-4-10-23-18/h1-11,21H,12-14H2. The highest BCUT2D eigenvalue weighted by Crippen LogP contribution is 2.19. The maximum atomic E-state index is 6.15.